The number of rotatable bonds is 5. The molecule has 0 radical (unpaired) electrons. The molecule has 0 aliphatic rings. The molecule has 0 bridgehead atoms. The molecule has 2 aromatic rings. The fourth-order valence-electron chi connectivity index (χ4n) is 1.57. The van der Waals surface area contributed by atoms with E-state index < -0.39 is 0 Å². The predicted molar refractivity (Wildman–Crippen MR) is 63.4 cm³/mol. The molecule has 84 valence electrons. The summed E-state index contributed by atoms with van der Waals surface area (Å²) in [7, 11) is 1.94. The third-order valence-electron chi connectivity index (χ3n) is 2.43. The van der Waals surface area contributed by atoms with Crippen molar-refractivity contribution in [1.29, 1.82) is 0 Å². The van der Waals surface area contributed by atoms with Gasteiger partial charge in [-0.2, -0.15) is 0 Å². The number of nitrogens with one attached hydrogen (secondary N) is 1. The summed E-state index contributed by atoms with van der Waals surface area (Å²) in [6, 6.07) is 10.2. The van der Waals surface area contributed by atoms with Crippen molar-refractivity contribution in [3.05, 3.63) is 53.7 Å². The number of hydrogen-bond donors (Lipinski definition) is 1. The van der Waals surface area contributed by atoms with Crippen molar-refractivity contribution in [2.75, 3.05) is 13.6 Å². The van der Waals surface area contributed by atoms with Gasteiger partial charge < -0.3 is 9.73 Å². The Bertz CT molecular complexity index is 423. The maximum atomic E-state index is 5.43. The van der Waals surface area contributed by atoms with E-state index in [9.17, 15) is 0 Å². The first-order valence-corrected chi connectivity index (χ1v) is 5.50. The van der Waals surface area contributed by atoms with Crippen LogP contribution < -0.4 is 5.32 Å². The standard InChI is InChI=1S/C13H16N2O/c1-14-8-7-12-10-16-13(15-12)9-11-5-3-2-4-6-11/h2-6,10,14H,7-9H2,1H3. The molecule has 1 N–H and O–H groups in total. The van der Waals surface area contributed by atoms with Gasteiger partial charge in [0.05, 0.1) is 5.69 Å². The van der Waals surface area contributed by atoms with E-state index in [1.165, 1.54) is 5.56 Å². The summed E-state index contributed by atoms with van der Waals surface area (Å²) >= 11 is 0. The summed E-state index contributed by atoms with van der Waals surface area (Å²) in [5.41, 5.74) is 2.24. The molecule has 1 aromatic carbocycles. The maximum absolute atomic E-state index is 5.43. The average Bonchev–Trinajstić information content (AvgIpc) is 2.75. The lowest BCUT2D eigenvalue weighted by atomic mass is 10.1. The van der Waals surface area contributed by atoms with E-state index in [1.807, 2.05) is 25.2 Å². The highest BCUT2D eigenvalue weighted by Gasteiger charge is 2.04. The minimum absolute atomic E-state index is 0.764. The molecule has 2 rings (SSSR count). The largest absolute Gasteiger partial charge is 0.448 e. The molecule has 3 heteroatoms. The van der Waals surface area contributed by atoms with Crippen LogP contribution in [0.25, 0.3) is 0 Å². The van der Waals surface area contributed by atoms with Crippen LogP contribution in [0.1, 0.15) is 17.1 Å². The molecule has 1 heterocycles. The Kier molecular flexibility index (Phi) is 3.72. The van der Waals surface area contributed by atoms with Crippen LogP contribution >= 0.6 is 0 Å². The van der Waals surface area contributed by atoms with Crippen LogP contribution in [0.4, 0.5) is 0 Å². The van der Waals surface area contributed by atoms with Gasteiger partial charge in [-0.1, -0.05) is 30.3 Å². The van der Waals surface area contributed by atoms with Gasteiger partial charge in [-0.15, -0.1) is 0 Å². The zero-order chi connectivity index (χ0) is 11.2. The molecule has 0 aliphatic heterocycles. The zero-order valence-electron chi connectivity index (χ0n) is 9.44. The second kappa shape index (κ2) is 5.47. The van der Waals surface area contributed by atoms with Gasteiger partial charge in [-0.3, -0.25) is 0 Å². The van der Waals surface area contributed by atoms with Crippen molar-refractivity contribution in [1.82, 2.24) is 10.3 Å². The van der Waals surface area contributed by atoms with Crippen LogP contribution in [-0.4, -0.2) is 18.6 Å². The lowest BCUT2D eigenvalue weighted by molar-refractivity contribution is 0.506. The first-order valence-electron chi connectivity index (χ1n) is 5.50. The quantitative estimate of drug-likeness (QED) is 0.831. The summed E-state index contributed by atoms with van der Waals surface area (Å²) < 4.78 is 5.43. The number of benzene rings is 1. The SMILES string of the molecule is CNCCc1coc(Cc2ccccc2)n1. The molecule has 0 unspecified atom stereocenters. The highest BCUT2D eigenvalue weighted by molar-refractivity contribution is 5.18. The van der Waals surface area contributed by atoms with Crippen molar-refractivity contribution < 1.29 is 4.42 Å². The fourth-order valence-corrected chi connectivity index (χ4v) is 1.57. The second-order valence-electron chi connectivity index (χ2n) is 3.75. The number of aromatic nitrogens is 1. The second-order valence-corrected chi connectivity index (χ2v) is 3.75. The Balaban J connectivity index is 1.97. The minimum atomic E-state index is 0.764. The number of likely N-dealkylation sites (N-methyl/N-ethyl adjacent to an activating group) is 1. The highest BCUT2D eigenvalue weighted by Crippen LogP contribution is 2.09. The van der Waals surface area contributed by atoms with Crippen molar-refractivity contribution >= 4 is 0 Å². The molecule has 0 atom stereocenters. The van der Waals surface area contributed by atoms with Gasteiger partial charge in [0, 0.05) is 19.4 Å². The fraction of sp³-hybridized carbons (Fsp3) is 0.308. The van der Waals surface area contributed by atoms with E-state index in [-0.39, 0.29) is 0 Å². The van der Waals surface area contributed by atoms with Gasteiger partial charge >= 0.3 is 0 Å². The van der Waals surface area contributed by atoms with E-state index >= 15 is 0 Å². The van der Waals surface area contributed by atoms with Crippen molar-refractivity contribution in [2.45, 2.75) is 12.8 Å². The zero-order valence-corrected chi connectivity index (χ0v) is 9.44. The number of oxazole rings is 1. The summed E-state index contributed by atoms with van der Waals surface area (Å²) in [5, 5.41) is 3.09. The Morgan fingerprint density at radius 2 is 2.06 bits per heavy atom. The van der Waals surface area contributed by atoms with Gasteiger partial charge in [0.2, 0.25) is 0 Å². The predicted octanol–water partition coefficient (Wildman–Crippen LogP) is 2.03. The van der Waals surface area contributed by atoms with Crippen molar-refractivity contribution in [2.24, 2.45) is 0 Å². The molecule has 0 aliphatic carbocycles. The molecule has 0 saturated heterocycles. The monoisotopic (exact) mass is 216 g/mol. The van der Waals surface area contributed by atoms with E-state index in [0.29, 0.717) is 0 Å². The van der Waals surface area contributed by atoms with E-state index in [0.717, 1.165) is 31.0 Å². The van der Waals surface area contributed by atoms with Gasteiger partial charge in [-0.25, -0.2) is 4.98 Å². The normalized spacial score (nSPS) is 10.6. The summed E-state index contributed by atoms with van der Waals surface area (Å²) in [6.45, 7) is 0.928. The lowest BCUT2D eigenvalue weighted by Crippen LogP contribution is -2.10. The molecule has 0 amide bonds. The third kappa shape index (κ3) is 2.94. The van der Waals surface area contributed by atoms with Gasteiger partial charge in [0.1, 0.15) is 6.26 Å². The van der Waals surface area contributed by atoms with Crippen LogP contribution in [0.2, 0.25) is 0 Å². The Morgan fingerprint density at radius 1 is 1.25 bits per heavy atom. The molecule has 16 heavy (non-hydrogen) atoms. The minimum Gasteiger partial charge on any atom is -0.448 e. The third-order valence-corrected chi connectivity index (χ3v) is 2.43. The van der Waals surface area contributed by atoms with Crippen molar-refractivity contribution in [3.63, 3.8) is 0 Å². The lowest BCUT2D eigenvalue weighted by Gasteiger charge is -1.95. The van der Waals surface area contributed by atoms with Gasteiger partial charge in [0.25, 0.3) is 0 Å². The Hall–Kier alpha value is -1.61. The molecule has 0 saturated carbocycles. The topological polar surface area (TPSA) is 38.1 Å². The van der Waals surface area contributed by atoms with Crippen LogP contribution in [0.3, 0.4) is 0 Å². The van der Waals surface area contributed by atoms with E-state index in [4.69, 9.17) is 4.42 Å². The Morgan fingerprint density at radius 3 is 2.81 bits per heavy atom. The summed E-state index contributed by atoms with van der Waals surface area (Å²) in [6.07, 6.45) is 3.42. The average molecular weight is 216 g/mol. The van der Waals surface area contributed by atoms with Gasteiger partial charge in [0.15, 0.2) is 5.89 Å². The van der Waals surface area contributed by atoms with Crippen molar-refractivity contribution in [3.8, 4) is 0 Å². The first kappa shape index (κ1) is 10.9. The number of nitrogens with zero attached hydrogens (tertiary/aromatic N) is 1. The van der Waals surface area contributed by atoms with Crippen LogP contribution in [0.5, 0.6) is 0 Å². The molecule has 3 nitrogen and oxygen atoms in total. The molecule has 1 aromatic heterocycles. The number of hydrogen-bond acceptors (Lipinski definition) is 3. The molecular weight excluding hydrogens is 200 g/mol. The smallest absolute Gasteiger partial charge is 0.198 e. The summed E-state index contributed by atoms with van der Waals surface area (Å²) in [4.78, 5) is 4.44. The molecule has 0 fully saturated rings. The highest BCUT2D eigenvalue weighted by atomic mass is 16.3. The van der Waals surface area contributed by atoms with E-state index in [1.54, 1.807) is 6.26 Å². The van der Waals surface area contributed by atoms with Crippen LogP contribution in [0.15, 0.2) is 41.0 Å². The van der Waals surface area contributed by atoms with Gasteiger partial charge in [-0.05, 0) is 12.6 Å². The van der Waals surface area contributed by atoms with E-state index in [2.05, 4.69) is 22.4 Å². The maximum Gasteiger partial charge on any atom is 0.198 e. The summed E-state index contributed by atoms with van der Waals surface area (Å²) in [5.74, 6) is 0.789. The molecule has 0 spiro atoms. The first-order chi connectivity index (χ1) is 7.88. The Labute approximate surface area is 95.5 Å². The molecular formula is C13H16N2O. The van der Waals surface area contributed by atoms with Crippen LogP contribution in [-0.2, 0) is 12.8 Å². The van der Waals surface area contributed by atoms with Crippen LogP contribution in [0, 0.1) is 0 Å².